The Labute approximate surface area is 93.0 Å². The van der Waals surface area contributed by atoms with E-state index in [9.17, 15) is 4.79 Å². The molecular formula is C12H24N2O. The van der Waals surface area contributed by atoms with Crippen LogP contribution in [0.2, 0.25) is 0 Å². The number of nitrogens with zero attached hydrogens (tertiary/aromatic N) is 1. The lowest BCUT2D eigenvalue weighted by molar-refractivity contribution is -0.135. The summed E-state index contributed by atoms with van der Waals surface area (Å²) >= 11 is 0. The first-order valence-corrected chi connectivity index (χ1v) is 6.25. The molecular weight excluding hydrogens is 188 g/mol. The third-order valence-electron chi connectivity index (χ3n) is 3.19. The van der Waals surface area contributed by atoms with Gasteiger partial charge in [-0.1, -0.05) is 20.3 Å². The van der Waals surface area contributed by atoms with Crippen molar-refractivity contribution in [3.8, 4) is 0 Å². The van der Waals surface area contributed by atoms with Crippen molar-refractivity contribution in [2.24, 2.45) is 11.7 Å². The van der Waals surface area contributed by atoms with Gasteiger partial charge in [-0.05, 0) is 25.7 Å². The molecule has 0 bridgehead atoms. The zero-order chi connectivity index (χ0) is 11.3. The van der Waals surface area contributed by atoms with E-state index in [-0.39, 0.29) is 12.0 Å². The summed E-state index contributed by atoms with van der Waals surface area (Å²) < 4.78 is 0. The van der Waals surface area contributed by atoms with Crippen molar-refractivity contribution in [1.82, 2.24) is 4.90 Å². The topological polar surface area (TPSA) is 46.3 Å². The van der Waals surface area contributed by atoms with Crippen LogP contribution in [-0.4, -0.2) is 29.9 Å². The third kappa shape index (κ3) is 3.20. The minimum atomic E-state index is 0.100. The van der Waals surface area contributed by atoms with Gasteiger partial charge in [0.1, 0.15) is 0 Å². The Bertz CT molecular complexity index is 200. The van der Waals surface area contributed by atoms with Crippen molar-refractivity contribution in [1.29, 1.82) is 0 Å². The number of carbonyl (C=O) groups is 1. The van der Waals surface area contributed by atoms with Gasteiger partial charge >= 0.3 is 0 Å². The van der Waals surface area contributed by atoms with E-state index in [0.717, 1.165) is 45.2 Å². The number of hydrogen-bond donors (Lipinski definition) is 1. The van der Waals surface area contributed by atoms with Crippen molar-refractivity contribution < 1.29 is 4.79 Å². The highest BCUT2D eigenvalue weighted by Crippen LogP contribution is 2.25. The molecule has 2 atom stereocenters. The molecule has 2 unspecified atom stereocenters. The molecule has 1 saturated carbocycles. The van der Waals surface area contributed by atoms with Crippen molar-refractivity contribution in [3.05, 3.63) is 0 Å². The van der Waals surface area contributed by atoms with Gasteiger partial charge in [0.25, 0.3) is 0 Å². The molecule has 15 heavy (non-hydrogen) atoms. The molecule has 1 rings (SSSR count). The van der Waals surface area contributed by atoms with Crippen molar-refractivity contribution in [2.45, 2.75) is 52.0 Å². The van der Waals surface area contributed by atoms with Crippen LogP contribution < -0.4 is 5.73 Å². The van der Waals surface area contributed by atoms with Crippen molar-refractivity contribution in [2.75, 3.05) is 13.1 Å². The van der Waals surface area contributed by atoms with Crippen LogP contribution in [0.4, 0.5) is 0 Å². The molecule has 3 heteroatoms. The normalized spacial score (nSPS) is 25.5. The lowest BCUT2D eigenvalue weighted by Gasteiger charge is -2.26. The second-order valence-electron chi connectivity index (χ2n) is 4.53. The fourth-order valence-corrected chi connectivity index (χ4v) is 2.40. The molecule has 1 aliphatic rings. The van der Waals surface area contributed by atoms with Crippen LogP contribution in [0.3, 0.4) is 0 Å². The van der Waals surface area contributed by atoms with Gasteiger partial charge in [0, 0.05) is 19.1 Å². The van der Waals surface area contributed by atoms with Crippen LogP contribution in [-0.2, 0) is 4.79 Å². The van der Waals surface area contributed by atoms with Gasteiger partial charge in [-0.2, -0.15) is 0 Å². The largest absolute Gasteiger partial charge is 0.342 e. The molecule has 2 N–H and O–H groups in total. The Hall–Kier alpha value is -0.570. The highest BCUT2D eigenvalue weighted by Gasteiger charge is 2.32. The first-order valence-electron chi connectivity index (χ1n) is 6.25. The van der Waals surface area contributed by atoms with Gasteiger partial charge in [0.2, 0.25) is 5.91 Å². The zero-order valence-electron chi connectivity index (χ0n) is 10.0. The molecule has 0 spiro atoms. The molecule has 1 amide bonds. The first-order chi connectivity index (χ1) is 7.20. The molecule has 88 valence electrons. The highest BCUT2D eigenvalue weighted by atomic mass is 16.2. The Kier molecular flexibility index (Phi) is 5.09. The van der Waals surface area contributed by atoms with E-state index < -0.39 is 0 Å². The molecule has 1 aliphatic carbocycles. The lowest BCUT2D eigenvalue weighted by Crippen LogP contribution is -2.42. The van der Waals surface area contributed by atoms with E-state index in [4.69, 9.17) is 5.73 Å². The van der Waals surface area contributed by atoms with Crippen LogP contribution in [0.15, 0.2) is 0 Å². The summed E-state index contributed by atoms with van der Waals surface area (Å²) in [5.41, 5.74) is 5.96. The van der Waals surface area contributed by atoms with Crippen molar-refractivity contribution in [3.63, 3.8) is 0 Å². The lowest BCUT2D eigenvalue weighted by atomic mass is 10.0. The van der Waals surface area contributed by atoms with E-state index in [0.29, 0.717) is 5.91 Å². The van der Waals surface area contributed by atoms with E-state index in [1.54, 1.807) is 0 Å². The number of hydrogen-bond acceptors (Lipinski definition) is 2. The third-order valence-corrected chi connectivity index (χ3v) is 3.19. The predicted molar refractivity (Wildman–Crippen MR) is 62.5 cm³/mol. The van der Waals surface area contributed by atoms with E-state index >= 15 is 0 Å². The summed E-state index contributed by atoms with van der Waals surface area (Å²) in [6.07, 6.45) is 5.19. The molecule has 0 radical (unpaired) electrons. The number of nitrogens with two attached hydrogens (primary N) is 1. The first kappa shape index (κ1) is 12.5. The average Bonchev–Trinajstić information content (AvgIpc) is 2.63. The molecule has 0 aromatic rings. The summed E-state index contributed by atoms with van der Waals surface area (Å²) in [6, 6.07) is 0.105. The molecule has 3 nitrogen and oxygen atoms in total. The van der Waals surface area contributed by atoms with Gasteiger partial charge < -0.3 is 10.6 Å². The smallest absolute Gasteiger partial charge is 0.227 e. The van der Waals surface area contributed by atoms with E-state index in [1.807, 2.05) is 4.90 Å². The maximum Gasteiger partial charge on any atom is 0.227 e. The Morgan fingerprint density at radius 3 is 2.27 bits per heavy atom. The SMILES string of the molecule is CCCN(CCC)C(=O)C1CCCC1N. The van der Waals surface area contributed by atoms with Gasteiger partial charge in [-0.3, -0.25) is 4.79 Å². The molecule has 0 saturated heterocycles. The number of rotatable bonds is 5. The van der Waals surface area contributed by atoms with Gasteiger partial charge in [-0.25, -0.2) is 0 Å². The Balaban J connectivity index is 2.54. The second kappa shape index (κ2) is 6.11. The second-order valence-corrected chi connectivity index (χ2v) is 4.53. The van der Waals surface area contributed by atoms with Gasteiger partial charge in [-0.15, -0.1) is 0 Å². The monoisotopic (exact) mass is 212 g/mol. The van der Waals surface area contributed by atoms with Crippen LogP contribution in [0.5, 0.6) is 0 Å². The number of carbonyl (C=O) groups excluding carboxylic acids is 1. The summed E-state index contributed by atoms with van der Waals surface area (Å²) in [7, 11) is 0. The standard InChI is InChI=1S/C12H24N2O/c1-3-8-14(9-4-2)12(15)10-6-5-7-11(10)13/h10-11H,3-9,13H2,1-2H3. The molecule has 1 fully saturated rings. The molecule has 0 aromatic carbocycles. The maximum absolute atomic E-state index is 12.2. The van der Waals surface area contributed by atoms with Crippen LogP contribution in [0.1, 0.15) is 46.0 Å². The maximum atomic E-state index is 12.2. The van der Waals surface area contributed by atoms with E-state index in [1.165, 1.54) is 0 Å². The van der Waals surface area contributed by atoms with Crippen LogP contribution in [0, 0.1) is 5.92 Å². The highest BCUT2D eigenvalue weighted by molar-refractivity contribution is 5.79. The summed E-state index contributed by atoms with van der Waals surface area (Å²) in [4.78, 5) is 14.2. The fraction of sp³-hybridized carbons (Fsp3) is 0.917. The van der Waals surface area contributed by atoms with Crippen LogP contribution >= 0.6 is 0 Å². The minimum Gasteiger partial charge on any atom is -0.342 e. The van der Waals surface area contributed by atoms with E-state index in [2.05, 4.69) is 13.8 Å². The van der Waals surface area contributed by atoms with Crippen LogP contribution in [0.25, 0.3) is 0 Å². The summed E-state index contributed by atoms with van der Waals surface area (Å²) in [5, 5.41) is 0. The number of amides is 1. The van der Waals surface area contributed by atoms with Gasteiger partial charge in [0.15, 0.2) is 0 Å². The molecule has 0 heterocycles. The Morgan fingerprint density at radius 2 is 1.87 bits per heavy atom. The zero-order valence-corrected chi connectivity index (χ0v) is 10.0. The quantitative estimate of drug-likeness (QED) is 0.755. The molecule has 0 aromatic heterocycles. The Morgan fingerprint density at radius 1 is 1.27 bits per heavy atom. The molecule has 0 aliphatic heterocycles. The predicted octanol–water partition coefficient (Wildman–Crippen LogP) is 1.76. The summed E-state index contributed by atoms with van der Waals surface area (Å²) in [5.74, 6) is 0.395. The summed E-state index contributed by atoms with van der Waals surface area (Å²) in [6.45, 7) is 6.00. The fourth-order valence-electron chi connectivity index (χ4n) is 2.40. The van der Waals surface area contributed by atoms with Gasteiger partial charge in [0.05, 0.1) is 5.92 Å². The van der Waals surface area contributed by atoms with Crippen molar-refractivity contribution >= 4 is 5.91 Å². The minimum absolute atomic E-state index is 0.100. The average molecular weight is 212 g/mol.